The Morgan fingerprint density at radius 2 is 2.00 bits per heavy atom. The quantitative estimate of drug-likeness (QED) is 0.301. The summed E-state index contributed by atoms with van der Waals surface area (Å²) in [4.78, 5) is 31.3. The van der Waals surface area contributed by atoms with E-state index in [1.54, 1.807) is 17.5 Å². The number of pyridine rings is 1. The molecule has 5 unspecified atom stereocenters. The molecule has 0 aromatic carbocycles. The van der Waals surface area contributed by atoms with Crippen molar-refractivity contribution in [3.8, 4) is 10.6 Å². The van der Waals surface area contributed by atoms with E-state index in [-0.39, 0.29) is 12.1 Å². The second kappa shape index (κ2) is 10.1. The van der Waals surface area contributed by atoms with Crippen LogP contribution in [-0.2, 0) is 14.3 Å². The third-order valence-electron chi connectivity index (χ3n) is 6.81. The summed E-state index contributed by atoms with van der Waals surface area (Å²) in [5.41, 5.74) is 3.36. The number of anilines is 1. The molecule has 0 spiro atoms. The summed E-state index contributed by atoms with van der Waals surface area (Å²) >= 11 is 3.03. The van der Waals surface area contributed by atoms with Gasteiger partial charge in [0.2, 0.25) is 5.91 Å². The first-order valence-electron chi connectivity index (χ1n) is 12.3. The maximum absolute atomic E-state index is 12.5. The van der Waals surface area contributed by atoms with Gasteiger partial charge in [0.15, 0.2) is 10.9 Å². The number of nitrogens with one attached hydrogen (secondary N) is 2. The minimum Gasteiger partial charge on any atom is -0.383 e. The van der Waals surface area contributed by atoms with E-state index in [1.165, 1.54) is 11.8 Å². The Labute approximate surface area is 224 Å². The normalized spacial score (nSPS) is 25.3. The SMILES string of the molecule is CCNC(=O)C(O)C1CC(Nc2nc(SC)nc(C)c2-c2nc3c(C)nccc3s2)C2OC(C)(C)OC12. The van der Waals surface area contributed by atoms with E-state index in [0.29, 0.717) is 23.9 Å². The molecule has 3 N–H and O–H groups in total. The average molecular weight is 545 g/mol. The predicted octanol–water partition coefficient (Wildman–Crippen LogP) is 3.30. The van der Waals surface area contributed by atoms with Gasteiger partial charge in [-0.25, -0.2) is 15.0 Å². The molecule has 1 aliphatic heterocycles. The summed E-state index contributed by atoms with van der Waals surface area (Å²) < 4.78 is 13.5. The van der Waals surface area contributed by atoms with Crippen molar-refractivity contribution in [3.05, 3.63) is 23.7 Å². The van der Waals surface area contributed by atoms with Crippen LogP contribution < -0.4 is 10.6 Å². The zero-order chi connectivity index (χ0) is 26.5. The summed E-state index contributed by atoms with van der Waals surface area (Å²) in [6.07, 6.45) is 2.19. The number of amides is 1. The number of ether oxygens (including phenoxy) is 2. The standard InChI is InChI=1S/C25H32N6O4S2/c1-7-26-22(33)18(32)13-10-14(20-19(13)34-25(4,5)35-20)29-21-16(11(2)28-24(31-21)36-6)23-30-17-12(3)27-9-8-15(17)37-23/h8-9,13-14,18-20,32H,7,10H2,1-6H3,(H,26,33)(H,28,29,31). The number of aryl methyl sites for hydroxylation is 2. The third-order valence-corrected chi connectivity index (χ3v) is 8.40. The summed E-state index contributed by atoms with van der Waals surface area (Å²) in [6.45, 7) is 9.87. The van der Waals surface area contributed by atoms with Crippen molar-refractivity contribution >= 4 is 45.0 Å². The first-order chi connectivity index (χ1) is 17.6. The molecule has 1 saturated carbocycles. The number of nitrogens with zero attached hydrogens (tertiary/aromatic N) is 4. The third kappa shape index (κ3) is 4.92. The Morgan fingerprint density at radius 3 is 2.70 bits per heavy atom. The molecule has 1 amide bonds. The van der Waals surface area contributed by atoms with Crippen molar-refractivity contribution in [1.29, 1.82) is 0 Å². The Kier molecular flexibility index (Phi) is 7.14. The van der Waals surface area contributed by atoms with Crippen molar-refractivity contribution in [3.63, 3.8) is 0 Å². The number of thiazole rings is 1. The number of aliphatic hydroxyl groups is 1. The molecule has 0 bridgehead atoms. The number of likely N-dealkylation sites (N-methyl/N-ethyl adjacent to an activating group) is 1. The van der Waals surface area contributed by atoms with Crippen LogP contribution in [0.25, 0.3) is 20.8 Å². The highest BCUT2D eigenvalue weighted by molar-refractivity contribution is 7.98. The van der Waals surface area contributed by atoms with E-state index in [2.05, 4.69) is 20.6 Å². The zero-order valence-electron chi connectivity index (χ0n) is 21.7. The molecule has 5 rings (SSSR count). The van der Waals surface area contributed by atoms with Gasteiger partial charge < -0.3 is 25.2 Å². The number of carbonyl (C=O) groups excluding carboxylic acids is 1. The largest absolute Gasteiger partial charge is 0.383 e. The lowest BCUT2D eigenvalue weighted by atomic mass is 9.97. The predicted molar refractivity (Wildman–Crippen MR) is 144 cm³/mol. The molecule has 4 heterocycles. The van der Waals surface area contributed by atoms with Crippen LogP contribution >= 0.6 is 23.1 Å². The molecule has 12 heteroatoms. The number of rotatable bonds is 7. The summed E-state index contributed by atoms with van der Waals surface area (Å²) in [5, 5.41) is 18.6. The van der Waals surface area contributed by atoms with Crippen molar-refractivity contribution < 1.29 is 19.4 Å². The fraction of sp³-hybridized carbons (Fsp3) is 0.560. The highest BCUT2D eigenvalue weighted by Crippen LogP contribution is 2.45. The molecule has 2 fully saturated rings. The molecule has 198 valence electrons. The highest BCUT2D eigenvalue weighted by Gasteiger charge is 2.57. The van der Waals surface area contributed by atoms with E-state index >= 15 is 0 Å². The molecule has 3 aromatic rings. The smallest absolute Gasteiger partial charge is 0.249 e. The van der Waals surface area contributed by atoms with Gasteiger partial charge in [-0.3, -0.25) is 9.78 Å². The first-order valence-corrected chi connectivity index (χ1v) is 14.4. The van der Waals surface area contributed by atoms with Gasteiger partial charge >= 0.3 is 0 Å². The lowest BCUT2D eigenvalue weighted by Gasteiger charge is -2.26. The van der Waals surface area contributed by atoms with Crippen LogP contribution in [0.5, 0.6) is 0 Å². The van der Waals surface area contributed by atoms with Crippen LogP contribution in [0.15, 0.2) is 17.4 Å². The van der Waals surface area contributed by atoms with Crippen LogP contribution in [0.1, 0.15) is 38.6 Å². The Hall–Kier alpha value is -2.38. The van der Waals surface area contributed by atoms with Gasteiger partial charge in [-0.1, -0.05) is 11.8 Å². The minimum atomic E-state index is -1.20. The number of aliphatic hydroxyl groups excluding tert-OH is 1. The number of carbonyl (C=O) groups is 1. The summed E-state index contributed by atoms with van der Waals surface area (Å²) in [5.74, 6) is -1.02. The summed E-state index contributed by atoms with van der Waals surface area (Å²) in [7, 11) is 0. The van der Waals surface area contributed by atoms with E-state index in [0.717, 1.165) is 32.2 Å². The molecule has 10 nitrogen and oxygen atoms in total. The van der Waals surface area contributed by atoms with Crippen LogP contribution in [-0.4, -0.2) is 73.9 Å². The topological polar surface area (TPSA) is 131 Å². The minimum absolute atomic E-state index is 0.249. The second-order valence-corrected chi connectivity index (χ2v) is 11.6. The number of hydrogen-bond donors (Lipinski definition) is 3. The van der Waals surface area contributed by atoms with Crippen LogP contribution in [0.2, 0.25) is 0 Å². The first kappa shape index (κ1) is 26.2. The van der Waals surface area contributed by atoms with Crippen molar-refractivity contribution in [2.45, 2.75) is 76.3 Å². The zero-order valence-corrected chi connectivity index (χ0v) is 23.4. The average Bonchev–Trinajstić information content (AvgIpc) is 3.50. The fourth-order valence-electron chi connectivity index (χ4n) is 5.21. The van der Waals surface area contributed by atoms with Crippen molar-refractivity contribution in [1.82, 2.24) is 25.3 Å². The number of aromatic nitrogens is 4. The number of fused-ring (bicyclic) bond motifs is 2. The molecule has 2 aliphatic rings. The van der Waals surface area contributed by atoms with Crippen LogP contribution in [0.4, 0.5) is 5.82 Å². The maximum Gasteiger partial charge on any atom is 0.249 e. The molecular formula is C25H32N6O4S2. The Morgan fingerprint density at radius 1 is 1.24 bits per heavy atom. The molecule has 37 heavy (non-hydrogen) atoms. The van der Waals surface area contributed by atoms with E-state index in [1.807, 2.05) is 46.9 Å². The Balaban J connectivity index is 1.53. The van der Waals surface area contributed by atoms with Gasteiger partial charge in [-0.05, 0) is 53.4 Å². The van der Waals surface area contributed by atoms with Gasteiger partial charge in [0, 0.05) is 18.7 Å². The van der Waals surface area contributed by atoms with Crippen molar-refractivity contribution in [2.75, 3.05) is 18.1 Å². The highest BCUT2D eigenvalue weighted by atomic mass is 32.2. The van der Waals surface area contributed by atoms with Gasteiger partial charge in [0.1, 0.15) is 28.6 Å². The Bertz CT molecular complexity index is 1330. The van der Waals surface area contributed by atoms with Gasteiger partial charge in [0.25, 0.3) is 0 Å². The van der Waals surface area contributed by atoms with Gasteiger partial charge in [0.05, 0.1) is 33.8 Å². The molecule has 3 aromatic heterocycles. The lowest BCUT2D eigenvalue weighted by molar-refractivity contribution is -0.164. The number of hydrogen-bond acceptors (Lipinski definition) is 11. The second-order valence-electron chi connectivity index (χ2n) is 9.84. The van der Waals surface area contributed by atoms with E-state index < -0.39 is 29.8 Å². The molecule has 0 radical (unpaired) electrons. The van der Waals surface area contributed by atoms with Crippen LogP contribution in [0.3, 0.4) is 0 Å². The summed E-state index contributed by atoms with van der Waals surface area (Å²) in [6, 6.07) is 1.71. The van der Waals surface area contributed by atoms with E-state index in [9.17, 15) is 9.90 Å². The fourth-order valence-corrected chi connectivity index (χ4v) is 6.73. The van der Waals surface area contributed by atoms with Crippen molar-refractivity contribution in [2.24, 2.45) is 5.92 Å². The molecule has 1 aliphatic carbocycles. The maximum atomic E-state index is 12.5. The van der Waals surface area contributed by atoms with E-state index in [4.69, 9.17) is 19.4 Å². The molecular weight excluding hydrogens is 512 g/mol. The molecule has 5 atom stereocenters. The molecule has 1 saturated heterocycles. The number of thioether (sulfide) groups is 1. The van der Waals surface area contributed by atoms with Gasteiger partial charge in [-0.2, -0.15) is 0 Å². The van der Waals surface area contributed by atoms with Crippen LogP contribution in [0, 0.1) is 19.8 Å². The lowest BCUT2D eigenvalue weighted by Crippen LogP contribution is -2.43. The monoisotopic (exact) mass is 544 g/mol. The van der Waals surface area contributed by atoms with Gasteiger partial charge in [-0.15, -0.1) is 11.3 Å².